The molecule has 0 amide bonds. The van der Waals surface area contributed by atoms with Crippen LogP contribution in [0.2, 0.25) is 0 Å². The van der Waals surface area contributed by atoms with Gasteiger partial charge in [-0.2, -0.15) is 0 Å². The molecule has 4 rings (SSSR count). The van der Waals surface area contributed by atoms with E-state index >= 15 is 0 Å². The number of hydrogen-bond acceptors (Lipinski definition) is 5. The predicted molar refractivity (Wildman–Crippen MR) is 95.0 cm³/mol. The first-order chi connectivity index (χ1) is 12.3. The summed E-state index contributed by atoms with van der Waals surface area (Å²) in [6, 6.07) is 9.95. The van der Waals surface area contributed by atoms with Crippen molar-refractivity contribution >= 4 is 0 Å². The highest BCUT2D eigenvalue weighted by atomic mass is 16.5. The minimum atomic E-state index is 0.206. The molecule has 134 valence electrons. The van der Waals surface area contributed by atoms with Crippen LogP contribution in [0.5, 0.6) is 11.5 Å². The minimum absolute atomic E-state index is 0.206. The Labute approximate surface area is 148 Å². The van der Waals surface area contributed by atoms with Gasteiger partial charge in [-0.3, -0.25) is 4.90 Å². The highest BCUT2D eigenvalue weighted by Gasteiger charge is 2.30. The molecule has 0 bridgehead atoms. The summed E-state index contributed by atoms with van der Waals surface area (Å²) in [6.45, 7) is 2.61. The maximum atomic E-state index is 6.03. The Hall–Kier alpha value is -2.01. The first-order valence-electron chi connectivity index (χ1n) is 9.29. The van der Waals surface area contributed by atoms with Gasteiger partial charge in [0.2, 0.25) is 0 Å². The molecule has 2 aliphatic rings. The number of aromatic nitrogens is 1. The maximum Gasteiger partial charge on any atom is 0.161 e. The van der Waals surface area contributed by atoms with Gasteiger partial charge in [0.1, 0.15) is 6.10 Å². The zero-order valence-corrected chi connectivity index (χ0v) is 14.8. The molecule has 2 aromatic rings. The van der Waals surface area contributed by atoms with E-state index in [1.165, 1.54) is 32.1 Å². The standard InChI is InChI=1S/C20H26N2O3/c1-23-19-9-5-6-10-20(19)24-17-13-22(14-17)12-16-11-18(21-25-16)15-7-3-2-4-8-15/h5-6,9-11,15,17H,2-4,7-8,12-14H2,1H3. The van der Waals surface area contributed by atoms with Crippen LogP contribution in [0.3, 0.4) is 0 Å². The Morgan fingerprint density at radius 1 is 1.12 bits per heavy atom. The Kier molecular flexibility index (Phi) is 4.92. The van der Waals surface area contributed by atoms with E-state index in [0.29, 0.717) is 5.92 Å². The van der Waals surface area contributed by atoms with Gasteiger partial charge in [-0.1, -0.05) is 36.6 Å². The van der Waals surface area contributed by atoms with Gasteiger partial charge < -0.3 is 14.0 Å². The van der Waals surface area contributed by atoms with Crippen molar-refractivity contribution < 1.29 is 14.0 Å². The molecule has 25 heavy (non-hydrogen) atoms. The Morgan fingerprint density at radius 3 is 2.64 bits per heavy atom. The van der Waals surface area contributed by atoms with Crippen molar-refractivity contribution in [2.24, 2.45) is 0 Å². The fraction of sp³-hybridized carbons (Fsp3) is 0.550. The quantitative estimate of drug-likeness (QED) is 0.794. The summed E-state index contributed by atoms with van der Waals surface area (Å²) >= 11 is 0. The van der Waals surface area contributed by atoms with E-state index in [-0.39, 0.29) is 6.10 Å². The molecule has 0 N–H and O–H groups in total. The van der Waals surface area contributed by atoms with Gasteiger partial charge in [-0.25, -0.2) is 0 Å². The highest BCUT2D eigenvalue weighted by molar-refractivity contribution is 5.39. The zero-order valence-electron chi connectivity index (χ0n) is 14.8. The van der Waals surface area contributed by atoms with Crippen molar-refractivity contribution in [3.05, 3.63) is 41.8 Å². The number of para-hydroxylation sites is 2. The largest absolute Gasteiger partial charge is 0.493 e. The molecule has 1 aliphatic carbocycles. The maximum absolute atomic E-state index is 6.03. The van der Waals surface area contributed by atoms with E-state index in [4.69, 9.17) is 14.0 Å². The van der Waals surface area contributed by atoms with E-state index in [2.05, 4.69) is 16.1 Å². The van der Waals surface area contributed by atoms with Crippen LogP contribution in [0.25, 0.3) is 0 Å². The van der Waals surface area contributed by atoms with Gasteiger partial charge in [0.25, 0.3) is 0 Å². The van der Waals surface area contributed by atoms with Crippen molar-refractivity contribution in [1.29, 1.82) is 0 Å². The normalized spacial score (nSPS) is 19.6. The topological polar surface area (TPSA) is 47.7 Å². The smallest absolute Gasteiger partial charge is 0.161 e. The molecule has 2 fully saturated rings. The second-order valence-electron chi connectivity index (χ2n) is 7.14. The molecule has 1 aromatic heterocycles. The van der Waals surface area contributed by atoms with Crippen LogP contribution in [0.1, 0.15) is 49.5 Å². The average molecular weight is 342 g/mol. The molecule has 0 spiro atoms. The predicted octanol–water partition coefficient (Wildman–Crippen LogP) is 3.99. The fourth-order valence-electron chi connectivity index (χ4n) is 3.84. The molecular weight excluding hydrogens is 316 g/mol. The third kappa shape index (κ3) is 3.82. The first-order valence-corrected chi connectivity index (χ1v) is 9.29. The number of likely N-dealkylation sites (tertiary alicyclic amines) is 1. The van der Waals surface area contributed by atoms with Crippen LogP contribution < -0.4 is 9.47 Å². The Bertz CT molecular complexity index is 688. The second-order valence-corrected chi connectivity index (χ2v) is 7.14. The van der Waals surface area contributed by atoms with Crippen molar-refractivity contribution in [3.8, 4) is 11.5 Å². The lowest BCUT2D eigenvalue weighted by Crippen LogP contribution is -2.53. The lowest BCUT2D eigenvalue weighted by atomic mass is 9.87. The van der Waals surface area contributed by atoms with Crippen LogP contribution in [0.15, 0.2) is 34.9 Å². The SMILES string of the molecule is COc1ccccc1OC1CN(Cc2cc(C3CCCCC3)no2)C1. The van der Waals surface area contributed by atoms with Crippen LogP contribution in [-0.4, -0.2) is 36.4 Å². The molecule has 5 nitrogen and oxygen atoms in total. The van der Waals surface area contributed by atoms with Crippen molar-refractivity contribution in [3.63, 3.8) is 0 Å². The molecule has 0 atom stereocenters. The van der Waals surface area contributed by atoms with E-state index in [9.17, 15) is 0 Å². The molecule has 5 heteroatoms. The summed E-state index contributed by atoms with van der Waals surface area (Å²) in [6.07, 6.45) is 6.72. The van der Waals surface area contributed by atoms with Crippen LogP contribution in [0, 0.1) is 0 Å². The summed E-state index contributed by atoms with van der Waals surface area (Å²) in [5, 5.41) is 4.31. The molecular formula is C20H26N2O3. The molecule has 0 radical (unpaired) electrons. The monoisotopic (exact) mass is 342 g/mol. The average Bonchev–Trinajstić information content (AvgIpc) is 3.10. The van der Waals surface area contributed by atoms with Gasteiger partial charge in [0.05, 0.1) is 19.3 Å². The summed E-state index contributed by atoms with van der Waals surface area (Å²) in [5.74, 6) is 3.17. The van der Waals surface area contributed by atoms with Crippen molar-refractivity contribution in [2.45, 2.75) is 50.7 Å². The lowest BCUT2D eigenvalue weighted by molar-refractivity contribution is 0.00829. The molecule has 1 aromatic carbocycles. The Balaban J connectivity index is 1.26. The molecule has 2 heterocycles. The minimum Gasteiger partial charge on any atom is -0.493 e. The third-order valence-electron chi connectivity index (χ3n) is 5.27. The molecule has 1 saturated heterocycles. The molecule has 0 unspecified atom stereocenters. The molecule has 1 aliphatic heterocycles. The number of hydrogen-bond donors (Lipinski definition) is 0. The summed E-state index contributed by atoms with van der Waals surface area (Å²) in [4.78, 5) is 2.32. The van der Waals surface area contributed by atoms with E-state index in [0.717, 1.165) is 42.6 Å². The van der Waals surface area contributed by atoms with Gasteiger partial charge in [-0.15, -0.1) is 0 Å². The summed E-state index contributed by atoms with van der Waals surface area (Å²) in [7, 11) is 1.67. The van der Waals surface area contributed by atoms with Gasteiger partial charge in [0.15, 0.2) is 17.3 Å². The van der Waals surface area contributed by atoms with Crippen LogP contribution in [-0.2, 0) is 6.54 Å². The number of nitrogens with zero attached hydrogens (tertiary/aromatic N) is 2. The fourth-order valence-corrected chi connectivity index (χ4v) is 3.84. The summed E-state index contributed by atoms with van der Waals surface area (Å²) in [5.41, 5.74) is 1.15. The molecule has 1 saturated carbocycles. The van der Waals surface area contributed by atoms with Crippen LogP contribution in [0.4, 0.5) is 0 Å². The number of rotatable bonds is 6. The van der Waals surface area contributed by atoms with Gasteiger partial charge in [0, 0.05) is 25.1 Å². The van der Waals surface area contributed by atoms with E-state index in [1.54, 1.807) is 7.11 Å². The van der Waals surface area contributed by atoms with Crippen molar-refractivity contribution in [2.75, 3.05) is 20.2 Å². The van der Waals surface area contributed by atoms with Gasteiger partial charge >= 0.3 is 0 Å². The Morgan fingerprint density at radius 2 is 1.88 bits per heavy atom. The summed E-state index contributed by atoms with van der Waals surface area (Å²) < 4.78 is 16.9. The van der Waals surface area contributed by atoms with Crippen molar-refractivity contribution in [1.82, 2.24) is 10.1 Å². The number of ether oxygens (including phenoxy) is 2. The van der Waals surface area contributed by atoms with E-state index < -0.39 is 0 Å². The van der Waals surface area contributed by atoms with Gasteiger partial charge in [-0.05, 0) is 25.0 Å². The van der Waals surface area contributed by atoms with Crippen LogP contribution >= 0.6 is 0 Å². The highest BCUT2D eigenvalue weighted by Crippen LogP contribution is 2.33. The number of methoxy groups -OCH3 is 1. The van der Waals surface area contributed by atoms with E-state index in [1.807, 2.05) is 24.3 Å². The number of benzene rings is 1. The second kappa shape index (κ2) is 7.48. The lowest BCUT2D eigenvalue weighted by Gasteiger charge is -2.38. The first kappa shape index (κ1) is 16.5. The zero-order chi connectivity index (χ0) is 17.1. The third-order valence-corrected chi connectivity index (χ3v) is 5.27.